The van der Waals surface area contributed by atoms with Crippen LogP contribution in [0.25, 0.3) is 0 Å². The van der Waals surface area contributed by atoms with E-state index in [9.17, 15) is 0 Å². The first-order valence-electron chi connectivity index (χ1n) is 5.04. The van der Waals surface area contributed by atoms with E-state index >= 15 is 0 Å². The van der Waals surface area contributed by atoms with Gasteiger partial charge in [0.05, 0.1) is 15.7 Å². The third-order valence-electron chi connectivity index (χ3n) is 2.40. The summed E-state index contributed by atoms with van der Waals surface area (Å²) < 4.78 is 0.710. The number of benzene rings is 1. The lowest BCUT2D eigenvalue weighted by Gasteiger charge is -2.20. The molecule has 0 atom stereocenters. The van der Waals surface area contributed by atoms with Gasteiger partial charge >= 0.3 is 0 Å². The summed E-state index contributed by atoms with van der Waals surface area (Å²) >= 11 is 9.15. The van der Waals surface area contributed by atoms with E-state index in [1.807, 2.05) is 25.2 Å². The topological polar surface area (TPSA) is 52.8 Å². The first-order valence-corrected chi connectivity index (χ1v) is 6.21. The fourth-order valence-corrected chi connectivity index (χ4v) is 2.13. The Balaban J connectivity index is 2.51. The summed E-state index contributed by atoms with van der Waals surface area (Å²) in [5, 5.41) is 9.25. The van der Waals surface area contributed by atoms with Crippen molar-refractivity contribution in [2.24, 2.45) is 0 Å². The zero-order valence-electron chi connectivity index (χ0n) is 9.43. The van der Waals surface area contributed by atoms with Crippen LogP contribution in [-0.2, 0) is 0 Å². The Morgan fingerprint density at radius 1 is 1.39 bits per heavy atom. The number of nitriles is 1. The van der Waals surface area contributed by atoms with Gasteiger partial charge in [0.25, 0.3) is 0 Å². The van der Waals surface area contributed by atoms with Gasteiger partial charge in [0, 0.05) is 13.2 Å². The van der Waals surface area contributed by atoms with Gasteiger partial charge in [-0.25, -0.2) is 4.98 Å². The first-order chi connectivity index (χ1) is 8.63. The molecular weight excluding hydrogens is 316 g/mol. The van der Waals surface area contributed by atoms with Crippen LogP contribution in [0.15, 0.2) is 34.9 Å². The lowest BCUT2D eigenvalue weighted by molar-refractivity contribution is 1.06. The molecule has 1 aromatic carbocycles. The van der Waals surface area contributed by atoms with E-state index < -0.39 is 0 Å². The van der Waals surface area contributed by atoms with E-state index in [1.54, 1.807) is 17.2 Å². The maximum absolute atomic E-state index is 9.09. The maximum Gasteiger partial charge on any atom is 0.224 e. The third-order valence-corrected chi connectivity index (χ3v) is 3.14. The van der Waals surface area contributed by atoms with Gasteiger partial charge in [-0.15, -0.1) is 0 Å². The molecular formula is C12H8BrClN4. The van der Waals surface area contributed by atoms with Gasteiger partial charge in [0.2, 0.25) is 5.28 Å². The molecule has 0 bridgehead atoms. The lowest BCUT2D eigenvalue weighted by Crippen LogP contribution is -2.13. The zero-order valence-corrected chi connectivity index (χ0v) is 11.8. The molecule has 0 N–H and O–H groups in total. The summed E-state index contributed by atoms with van der Waals surface area (Å²) in [6.45, 7) is 0. The third kappa shape index (κ3) is 2.45. The lowest BCUT2D eigenvalue weighted by atomic mass is 10.2. The monoisotopic (exact) mass is 322 g/mol. The second kappa shape index (κ2) is 5.34. The minimum Gasteiger partial charge on any atom is -0.327 e. The van der Waals surface area contributed by atoms with Crippen LogP contribution in [0.1, 0.15) is 5.56 Å². The van der Waals surface area contributed by atoms with Crippen molar-refractivity contribution in [3.8, 4) is 6.07 Å². The van der Waals surface area contributed by atoms with Gasteiger partial charge < -0.3 is 4.90 Å². The highest BCUT2D eigenvalue weighted by atomic mass is 79.9. The van der Waals surface area contributed by atoms with Gasteiger partial charge in [-0.1, -0.05) is 12.1 Å². The summed E-state index contributed by atoms with van der Waals surface area (Å²) in [6.07, 6.45) is 1.58. The first kappa shape index (κ1) is 12.8. The second-order valence-electron chi connectivity index (χ2n) is 3.50. The number of anilines is 2. The summed E-state index contributed by atoms with van der Waals surface area (Å²) in [6, 6.07) is 9.43. The Bertz CT molecular complexity index is 624. The van der Waals surface area contributed by atoms with Crippen molar-refractivity contribution in [2.45, 2.75) is 0 Å². The van der Waals surface area contributed by atoms with Crippen molar-refractivity contribution in [1.82, 2.24) is 9.97 Å². The summed E-state index contributed by atoms with van der Waals surface area (Å²) in [5.41, 5.74) is 1.33. The molecule has 0 spiro atoms. The van der Waals surface area contributed by atoms with E-state index in [4.69, 9.17) is 16.9 Å². The standard InChI is InChI=1S/C12H8BrClN4/c1-18(10-5-3-2-4-8(10)6-15)11-9(13)7-16-12(14)17-11/h2-5,7H,1H3. The molecule has 0 aliphatic rings. The van der Waals surface area contributed by atoms with E-state index in [0.29, 0.717) is 15.9 Å². The second-order valence-corrected chi connectivity index (χ2v) is 4.69. The highest BCUT2D eigenvalue weighted by Crippen LogP contribution is 2.30. The van der Waals surface area contributed by atoms with E-state index in [2.05, 4.69) is 32.0 Å². The highest BCUT2D eigenvalue weighted by Gasteiger charge is 2.13. The van der Waals surface area contributed by atoms with Crippen LogP contribution < -0.4 is 4.90 Å². The molecule has 0 fully saturated rings. The number of halogens is 2. The van der Waals surface area contributed by atoms with Gasteiger partial charge in [0.15, 0.2) is 5.82 Å². The van der Waals surface area contributed by atoms with Crippen LogP contribution in [0.2, 0.25) is 5.28 Å². The zero-order chi connectivity index (χ0) is 13.1. The number of nitrogens with zero attached hydrogens (tertiary/aromatic N) is 4. The summed E-state index contributed by atoms with van der Waals surface area (Å²) in [5.74, 6) is 0.609. The van der Waals surface area contributed by atoms with Crippen LogP contribution in [-0.4, -0.2) is 17.0 Å². The Morgan fingerprint density at radius 2 is 2.11 bits per heavy atom. The molecule has 2 aromatic rings. The molecule has 0 aliphatic carbocycles. The Kier molecular flexibility index (Phi) is 3.80. The average Bonchev–Trinajstić information content (AvgIpc) is 2.40. The molecule has 0 radical (unpaired) electrons. The molecule has 18 heavy (non-hydrogen) atoms. The van der Waals surface area contributed by atoms with Gasteiger partial charge in [-0.05, 0) is 39.7 Å². The molecule has 1 aromatic heterocycles. The minimum absolute atomic E-state index is 0.162. The fraction of sp³-hybridized carbons (Fsp3) is 0.0833. The predicted octanol–water partition coefficient (Wildman–Crippen LogP) is 3.53. The van der Waals surface area contributed by atoms with Crippen molar-refractivity contribution >= 4 is 39.0 Å². The molecule has 1 heterocycles. The molecule has 90 valence electrons. The van der Waals surface area contributed by atoms with Crippen molar-refractivity contribution in [3.05, 3.63) is 45.8 Å². The predicted molar refractivity (Wildman–Crippen MR) is 74.0 cm³/mol. The van der Waals surface area contributed by atoms with Crippen molar-refractivity contribution in [3.63, 3.8) is 0 Å². The van der Waals surface area contributed by atoms with Crippen LogP contribution in [0.4, 0.5) is 11.5 Å². The normalized spacial score (nSPS) is 9.89. The summed E-state index contributed by atoms with van der Waals surface area (Å²) in [4.78, 5) is 9.81. The molecule has 4 nitrogen and oxygen atoms in total. The molecule has 0 amide bonds. The molecule has 6 heteroatoms. The fourth-order valence-electron chi connectivity index (χ4n) is 1.55. The van der Waals surface area contributed by atoms with Gasteiger partial charge in [0.1, 0.15) is 6.07 Å². The Morgan fingerprint density at radius 3 is 2.83 bits per heavy atom. The average molecular weight is 324 g/mol. The van der Waals surface area contributed by atoms with E-state index in [1.165, 1.54) is 0 Å². The molecule has 2 rings (SSSR count). The number of rotatable bonds is 2. The Hall–Kier alpha value is -1.64. The number of hydrogen-bond acceptors (Lipinski definition) is 4. The number of aromatic nitrogens is 2. The number of para-hydroxylation sites is 1. The molecule has 0 unspecified atom stereocenters. The van der Waals surface area contributed by atoms with Crippen LogP contribution in [0.3, 0.4) is 0 Å². The van der Waals surface area contributed by atoms with E-state index in [0.717, 1.165) is 5.69 Å². The van der Waals surface area contributed by atoms with Crippen molar-refractivity contribution in [1.29, 1.82) is 5.26 Å². The number of hydrogen-bond donors (Lipinski definition) is 0. The Labute approximate surface area is 118 Å². The van der Waals surface area contributed by atoms with Crippen LogP contribution >= 0.6 is 27.5 Å². The van der Waals surface area contributed by atoms with Gasteiger partial charge in [-0.2, -0.15) is 10.2 Å². The minimum atomic E-state index is 0.162. The van der Waals surface area contributed by atoms with Crippen molar-refractivity contribution in [2.75, 3.05) is 11.9 Å². The smallest absolute Gasteiger partial charge is 0.224 e. The molecule has 0 saturated carbocycles. The SMILES string of the molecule is CN(c1ccccc1C#N)c1nc(Cl)ncc1Br. The quantitative estimate of drug-likeness (QED) is 0.793. The van der Waals surface area contributed by atoms with Crippen LogP contribution in [0, 0.1) is 11.3 Å². The maximum atomic E-state index is 9.09. The molecule has 0 saturated heterocycles. The summed E-state index contributed by atoms with van der Waals surface area (Å²) in [7, 11) is 1.82. The highest BCUT2D eigenvalue weighted by molar-refractivity contribution is 9.10. The van der Waals surface area contributed by atoms with Gasteiger partial charge in [-0.3, -0.25) is 0 Å². The largest absolute Gasteiger partial charge is 0.327 e. The van der Waals surface area contributed by atoms with Crippen LogP contribution in [0.5, 0.6) is 0 Å². The van der Waals surface area contributed by atoms with Crippen molar-refractivity contribution < 1.29 is 0 Å². The molecule has 0 aliphatic heterocycles. The van der Waals surface area contributed by atoms with E-state index in [-0.39, 0.29) is 5.28 Å².